The van der Waals surface area contributed by atoms with E-state index in [-0.39, 0.29) is 18.2 Å². The predicted molar refractivity (Wildman–Crippen MR) is 60.5 cm³/mol. The molecular formula is C11H20O6. The van der Waals surface area contributed by atoms with Crippen LogP contribution < -0.4 is 0 Å². The van der Waals surface area contributed by atoms with Crippen LogP contribution in [-0.2, 0) is 23.9 Å². The third-order valence-electron chi connectivity index (χ3n) is 1.77. The number of methoxy groups -OCH3 is 1. The third kappa shape index (κ3) is 11.0. The molecule has 0 aromatic rings. The first-order chi connectivity index (χ1) is 7.76. The van der Waals surface area contributed by atoms with Crippen molar-refractivity contribution in [1.82, 2.24) is 0 Å². The molecule has 0 spiro atoms. The van der Waals surface area contributed by atoms with E-state index in [9.17, 15) is 14.4 Å². The molecule has 0 aliphatic heterocycles. The van der Waals surface area contributed by atoms with Gasteiger partial charge in [-0.3, -0.25) is 9.59 Å². The SMILES string of the molecule is CC(=O)CO.COC(C)C(=O)OC(C)C(C)=O. The number of carbonyl (C=O) groups is 3. The van der Waals surface area contributed by atoms with Gasteiger partial charge in [-0.15, -0.1) is 0 Å². The van der Waals surface area contributed by atoms with Gasteiger partial charge in [-0.25, -0.2) is 4.79 Å². The Bertz CT molecular complexity index is 261. The molecule has 0 heterocycles. The number of hydrogen-bond acceptors (Lipinski definition) is 6. The number of rotatable bonds is 5. The van der Waals surface area contributed by atoms with Crippen molar-refractivity contribution in [3.05, 3.63) is 0 Å². The molecule has 2 unspecified atom stereocenters. The Morgan fingerprint density at radius 2 is 1.53 bits per heavy atom. The van der Waals surface area contributed by atoms with Crippen LogP contribution in [0.4, 0.5) is 0 Å². The van der Waals surface area contributed by atoms with E-state index in [1.54, 1.807) is 6.92 Å². The normalized spacial score (nSPS) is 12.8. The summed E-state index contributed by atoms with van der Waals surface area (Å²) in [6.07, 6.45) is -1.30. The van der Waals surface area contributed by atoms with E-state index in [0.29, 0.717) is 0 Å². The summed E-state index contributed by atoms with van der Waals surface area (Å²) in [7, 11) is 1.41. The summed E-state index contributed by atoms with van der Waals surface area (Å²) in [5.74, 6) is -0.878. The lowest BCUT2D eigenvalue weighted by Crippen LogP contribution is -2.29. The van der Waals surface area contributed by atoms with Gasteiger partial charge in [0.15, 0.2) is 23.8 Å². The molecule has 0 aromatic heterocycles. The average molecular weight is 248 g/mol. The first-order valence-electron chi connectivity index (χ1n) is 5.10. The van der Waals surface area contributed by atoms with Gasteiger partial charge >= 0.3 is 5.97 Å². The molecule has 1 N–H and O–H groups in total. The molecule has 0 rings (SSSR count). The highest BCUT2D eigenvalue weighted by molar-refractivity contribution is 5.84. The molecule has 0 aliphatic rings. The van der Waals surface area contributed by atoms with Crippen LogP contribution in [-0.4, -0.2) is 48.6 Å². The van der Waals surface area contributed by atoms with Crippen LogP contribution in [0, 0.1) is 0 Å². The lowest BCUT2D eigenvalue weighted by Gasteiger charge is -2.13. The summed E-state index contributed by atoms with van der Waals surface area (Å²) >= 11 is 0. The summed E-state index contributed by atoms with van der Waals surface area (Å²) in [6.45, 7) is 5.47. The topological polar surface area (TPSA) is 89.9 Å². The minimum absolute atomic E-state index is 0.174. The van der Waals surface area contributed by atoms with Crippen molar-refractivity contribution in [3.8, 4) is 0 Å². The molecule has 6 heteroatoms. The Morgan fingerprint density at radius 1 is 1.12 bits per heavy atom. The summed E-state index contributed by atoms with van der Waals surface area (Å²) in [5, 5.41) is 7.79. The van der Waals surface area contributed by atoms with Crippen LogP contribution in [0.1, 0.15) is 27.7 Å². The minimum atomic E-state index is -0.685. The van der Waals surface area contributed by atoms with Crippen molar-refractivity contribution >= 4 is 17.5 Å². The maximum atomic E-state index is 11.0. The van der Waals surface area contributed by atoms with E-state index >= 15 is 0 Å². The molecule has 2 atom stereocenters. The second-order valence-electron chi connectivity index (χ2n) is 3.43. The zero-order chi connectivity index (χ0) is 14.0. The molecule has 17 heavy (non-hydrogen) atoms. The van der Waals surface area contributed by atoms with Crippen LogP contribution in [0.15, 0.2) is 0 Å². The van der Waals surface area contributed by atoms with E-state index in [1.807, 2.05) is 0 Å². The van der Waals surface area contributed by atoms with Gasteiger partial charge in [0.25, 0.3) is 0 Å². The summed E-state index contributed by atoms with van der Waals surface area (Å²) in [6, 6.07) is 0. The number of hydrogen-bond donors (Lipinski definition) is 1. The van der Waals surface area contributed by atoms with Gasteiger partial charge < -0.3 is 14.6 Å². The zero-order valence-corrected chi connectivity index (χ0v) is 10.9. The average Bonchev–Trinajstić information content (AvgIpc) is 2.28. The molecule has 0 amide bonds. The summed E-state index contributed by atoms with van der Waals surface area (Å²) in [5.41, 5.74) is 0. The monoisotopic (exact) mass is 248 g/mol. The Balaban J connectivity index is 0. The lowest BCUT2D eigenvalue weighted by molar-refractivity contribution is -0.162. The predicted octanol–water partition coefficient (Wildman–Crippen LogP) is 0.110. The van der Waals surface area contributed by atoms with Gasteiger partial charge in [-0.2, -0.15) is 0 Å². The van der Waals surface area contributed by atoms with Crippen molar-refractivity contribution in [2.75, 3.05) is 13.7 Å². The van der Waals surface area contributed by atoms with Crippen molar-refractivity contribution in [3.63, 3.8) is 0 Å². The molecule has 0 saturated carbocycles. The molecule has 0 fully saturated rings. The van der Waals surface area contributed by atoms with Crippen LogP contribution in [0.2, 0.25) is 0 Å². The van der Waals surface area contributed by atoms with E-state index in [0.717, 1.165) is 0 Å². The van der Waals surface area contributed by atoms with Crippen molar-refractivity contribution in [2.24, 2.45) is 0 Å². The van der Waals surface area contributed by atoms with Gasteiger partial charge in [0, 0.05) is 7.11 Å². The molecule has 100 valence electrons. The fourth-order valence-corrected chi connectivity index (χ4v) is 0.449. The van der Waals surface area contributed by atoms with Crippen LogP contribution in [0.3, 0.4) is 0 Å². The first-order valence-corrected chi connectivity index (χ1v) is 5.10. The van der Waals surface area contributed by atoms with Crippen LogP contribution in [0.25, 0.3) is 0 Å². The number of aliphatic hydroxyl groups is 1. The van der Waals surface area contributed by atoms with Crippen molar-refractivity contribution < 1.29 is 29.0 Å². The maximum Gasteiger partial charge on any atom is 0.335 e. The van der Waals surface area contributed by atoms with E-state index < -0.39 is 18.2 Å². The Labute approximate surface area is 101 Å². The maximum absolute atomic E-state index is 11.0. The van der Waals surface area contributed by atoms with Gasteiger partial charge in [0.05, 0.1) is 0 Å². The highest BCUT2D eigenvalue weighted by Gasteiger charge is 2.18. The highest BCUT2D eigenvalue weighted by Crippen LogP contribution is 1.98. The van der Waals surface area contributed by atoms with Gasteiger partial charge in [0.2, 0.25) is 0 Å². The van der Waals surface area contributed by atoms with E-state index in [2.05, 4.69) is 0 Å². The molecule has 0 bridgehead atoms. The summed E-state index contributed by atoms with van der Waals surface area (Å²) < 4.78 is 9.46. The second-order valence-corrected chi connectivity index (χ2v) is 3.43. The third-order valence-corrected chi connectivity index (χ3v) is 1.77. The molecule has 0 saturated heterocycles. The Hall–Kier alpha value is -1.27. The number of esters is 1. The van der Waals surface area contributed by atoms with Crippen molar-refractivity contribution in [1.29, 1.82) is 0 Å². The van der Waals surface area contributed by atoms with E-state index in [4.69, 9.17) is 14.6 Å². The number of ether oxygens (including phenoxy) is 2. The summed E-state index contributed by atoms with van der Waals surface area (Å²) in [4.78, 5) is 31.2. The quantitative estimate of drug-likeness (QED) is 0.694. The fourth-order valence-electron chi connectivity index (χ4n) is 0.449. The number of ketones is 2. The lowest BCUT2D eigenvalue weighted by atomic mass is 10.3. The molecule has 6 nitrogen and oxygen atoms in total. The number of aliphatic hydroxyl groups excluding tert-OH is 1. The molecular weight excluding hydrogens is 228 g/mol. The number of carbonyl (C=O) groups excluding carboxylic acids is 3. The standard InChI is InChI=1S/C8H14O4.C3H6O2/c1-5(9)6(2)12-8(10)7(3)11-4;1-3(5)2-4/h6-7H,1-4H3;4H,2H2,1H3. The smallest absolute Gasteiger partial charge is 0.335 e. The van der Waals surface area contributed by atoms with Crippen LogP contribution in [0.5, 0.6) is 0 Å². The van der Waals surface area contributed by atoms with Crippen molar-refractivity contribution in [2.45, 2.75) is 39.9 Å². The van der Waals surface area contributed by atoms with Gasteiger partial charge in [-0.1, -0.05) is 0 Å². The van der Waals surface area contributed by atoms with E-state index in [1.165, 1.54) is 27.9 Å². The largest absolute Gasteiger partial charge is 0.453 e. The second kappa shape index (κ2) is 9.92. The minimum Gasteiger partial charge on any atom is -0.453 e. The molecule has 0 radical (unpaired) electrons. The Kier molecular flexibility index (Phi) is 10.6. The molecule has 0 aliphatic carbocycles. The molecule has 0 aromatic carbocycles. The highest BCUT2D eigenvalue weighted by atomic mass is 16.6. The zero-order valence-electron chi connectivity index (χ0n) is 10.9. The van der Waals surface area contributed by atoms with Crippen LogP contribution >= 0.6 is 0 Å². The van der Waals surface area contributed by atoms with Gasteiger partial charge in [-0.05, 0) is 27.7 Å². The first kappa shape index (κ1) is 18.1. The fraction of sp³-hybridized carbons (Fsp3) is 0.727. The van der Waals surface area contributed by atoms with Gasteiger partial charge in [0.1, 0.15) is 6.61 Å². The number of Topliss-reactive ketones (excluding diaryl/α,β-unsaturated/α-hetero) is 2. The Morgan fingerprint density at radius 3 is 1.76 bits per heavy atom.